The fraction of sp³-hybridized carbons (Fsp3) is 0.200. The van der Waals surface area contributed by atoms with Crippen LogP contribution in [0.15, 0.2) is 36.5 Å². The number of ketones is 1. The van der Waals surface area contributed by atoms with Gasteiger partial charge in [-0.1, -0.05) is 0 Å². The molecule has 0 atom stereocenters. The third-order valence-electron chi connectivity index (χ3n) is 2.94. The highest BCUT2D eigenvalue weighted by atomic mass is 16.5. The molecule has 0 aliphatic carbocycles. The van der Waals surface area contributed by atoms with Crippen LogP contribution < -0.4 is 9.47 Å². The van der Waals surface area contributed by atoms with Crippen molar-refractivity contribution < 1.29 is 14.3 Å². The monoisotopic (exact) mass is 272 g/mol. The van der Waals surface area contributed by atoms with Crippen LogP contribution in [0, 0.1) is 0 Å². The van der Waals surface area contributed by atoms with Gasteiger partial charge in [0.05, 0.1) is 25.5 Å². The molecule has 20 heavy (non-hydrogen) atoms. The number of benzene rings is 1. The maximum absolute atomic E-state index is 12.2. The standard InChI is InChI=1S/C15H16N2O3/c1-17-11(8-9-16-17)4-6-14(18)13-10-12(19-2)5-7-15(13)20-3/h4-10H,1-3H3/b6-4+. The maximum atomic E-state index is 12.2. The van der Waals surface area contributed by atoms with Crippen molar-refractivity contribution in [3.63, 3.8) is 0 Å². The molecule has 0 saturated carbocycles. The Morgan fingerprint density at radius 2 is 2.05 bits per heavy atom. The first-order valence-corrected chi connectivity index (χ1v) is 6.08. The number of carbonyl (C=O) groups is 1. The molecule has 1 heterocycles. The van der Waals surface area contributed by atoms with Gasteiger partial charge in [-0.05, 0) is 36.4 Å². The van der Waals surface area contributed by atoms with E-state index in [0.717, 1.165) is 5.69 Å². The maximum Gasteiger partial charge on any atom is 0.189 e. The molecule has 0 aliphatic heterocycles. The number of hydrogen-bond donors (Lipinski definition) is 0. The van der Waals surface area contributed by atoms with Crippen LogP contribution in [0.25, 0.3) is 6.08 Å². The molecule has 0 unspecified atom stereocenters. The van der Waals surface area contributed by atoms with E-state index in [0.29, 0.717) is 17.1 Å². The van der Waals surface area contributed by atoms with E-state index in [4.69, 9.17) is 9.47 Å². The second-order valence-electron chi connectivity index (χ2n) is 4.14. The second kappa shape index (κ2) is 6.06. The van der Waals surface area contributed by atoms with Gasteiger partial charge in [0, 0.05) is 13.2 Å². The van der Waals surface area contributed by atoms with E-state index in [1.54, 1.807) is 42.3 Å². The molecule has 2 rings (SSSR count). The van der Waals surface area contributed by atoms with Gasteiger partial charge in [0.25, 0.3) is 0 Å². The Morgan fingerprint density at radius 3 is 2.65 bits per heavy atom. The van der Waals surface area contributed by atoms with E-state index in [-0.39, 0.29) is 5.78 Å². The highest BCUT2D eigenvalue weighted by Gasteiger charge is 2.11. The van der Waals surface area contributed by atoms with Gasteiger partial charge in [-0.2, -0.15) is 5.10 Å². The smallest absolute Gasteiger partial charge is 0.189 e. The minimum Gasteiger partial charge on any atom is -0.497 e. The lowest BCUT2D eigenvalue weighted by Crippen LogP contribution is -2.00. The molecular weight excluding hydrogens is 256 g/mol. The van der Waals surface area contributed by atoms with Crippen molar-refractivity contribution in [1.29, 1.82) is 0 Å². The number of hydrogen-bond acceptors (Lipinski definition) is 4. The zero-order chi connectivity index (χ0) is 14.5. The quantitative estimate of drug-likeness (QED) is 0.619. The van der Waals surface area contributed by atoms with Gasteiger partial charge >= 0.3 is 0 Å². The minimum atomic E-state index is -0.151. The number of allylic oxidation sites excluding steroid dienone is 1. The van der Waals surface area contributed by atoms with E-state index in [1.807, 2.05) is 13.1 Å². The third kappa shape index (κ3) is 2.88. The van der Waals surface area contributed by atoms with Crippen LogP contribution in [0.3, 0.4) is 0 Å². The zero-order valence-electron chi connectivity index (χ0n) is 11.7. The number of aromatic nitrogens is 2. The summed E-state index contributed by atoms with van der Waals surface area (Å²) >= 11 is 0. The molecule has 104 valence electrons. The van der Waals surface area contributed by atoms with Crippen LogP contribution in [0.4, 0.5) is 0 Å². The van der Waals surface area contributed by atoms with Crippen LogP contribution in [-0.4, -0.2) is 29.8 Å². The van der Waals surface area contributed by atoms with E-state index in [9.17, 15) is 4.79 Å². The molecule has 1 aromatic carbocycles. The third-order valence-corrected chi connectivity index (χ3v) is 2.94. The normalized spacial score (nSPS) is 10.8. The second-order valence-corrected chi connectivity index (χ2v) is 4.14. The first-order valence-electron chi connectivity index (χ1n) is 6.08. The number of ether oxygens (including phenoxy) is 2. The topological polar surface area (TPSA) is 53.4 Å². The Kier molecular flexibility index (Phi) is 4.20. The Morgan fingerprint density at radius 1 is 1.25 bits per heavy atom. The van der Waals surface area contributed by atoms with Crippen molar-refractivity contribution in [3.05, 3.63) is 47.8 Å². The van der Waals surface area contributed by atoms with Gasteiger partial charge in [0.1, 0.15) is 11.5 Å². The van der Waals surface area contributed by atoms with Gasteiger partial charge in [-0.15, -0.1) is 0 Å². The molecule has 0 amide bonds. The number of methoxy groups -OCH3 is 2. The van der Waals surface area contributed by atoms with Crippen molar-refractivity contribution in [3.8, 4) is 11.5 Å². The molecule has 0 aliphatic rings. The van der Waals surface area contributed by atoms with Gasteiger partial charge in [0.2, 0.25) is 0 Å². The predicted molar refractivity (Wildman–Crippen MR) is 76.1 cm³/mol. The highest BCUT2D eigenvalue weighted by molar-refractivity contribution is 6.08. The van der Waals surface area contributed by atoms with Crippen LogP contribution in [0.1, 0.15) is 16.1 Å². The fourth-order valence-corrected chi connectivity index (χ4v) is 1.81. The largest absolute Gasteiger partial charge is 0.497 e. The first kappa shape index (κ1) is 13.9. The van der Waals surface area contributed by atoms with Crippen molar-refractivity contribution in [2.75, 3.05) is 14.2 Å². The van der Waals surface area contributed by atoms with Crippen LogP contribution in [0.2, 0.25) is 0 Å². The van der Waals surface area contributed by atoms with Crippen LogP contribution in [-0.2, 0) is 7.05 Å². The highest BCUT2D eigenvalue weighted by Crippen LogP contribution is 2.24. The number of rotatable bonds is 5. The summed E-state index contributed by atoms with van der Waals surface area (Å²) in [6.07, 6.45) is 4.89. The molecule has 0 saturated heterocycles. The number of nitrogens with zero attached hydrogens (tertiary/aromatic N) is 2. The predicted octanol–water partition coefficient (Wildman–Crippen LogP) is 2.33. The van der Waals surface area contributed by atoms with Gasteiger partial charge in [-0.3, -0.25) is 9.48 Å². The lowest BCUT2D eigenvalue weighted by Gasteiger charge is -2.07. The van der Waals surface area contributed by atoms with Gasteiger partial charge < -0.3 is 9.47 Å². The van der Waals surface area contributed by atoms with E-state index < -0.39 is 0 Å². The lowest BCUT2D eigenvalue weighted by molar-refractivity contribution is 0.104. The molecule has 5 nitrogen and oxygen atoms in total. The van der Waals surface area contributed by atoms with E-state index in [1.165, 1.54) is 13.2 Å². The van der Waals surface area contributed by atoms with Crippen molar-refractivity contribution in [1.82, 2.24) is 9.78 Å². The van der Waals surface area contributed by atoms with Crippen molar-refractivity contribution in [2.24, 2.45) is 7.05 Å². The summed E-state index contributed by atoms with van der Waals surface area (Å²) in [5.41, 5.74) is 1.31. The lowest BCUT2D eigenvalue weighted by atomic mass is 10.1. The number of carbonyl (C=O) groups excluding carboxylic acids is 1. The molecule has 1 aromatic heterocycles. The summed E-state index contributed by atoms with van der Waals surface area (Å²) in [4.78, 5) is 12.2. The van der Waals surface area contributed by atoms with E-state index >= 15 is 0 Å². The molecule has 0 fully saturated rings. The summed E-state index contributed by atoms with van der Waals surface area (Å²) in [7, 11) is 4.90. The molecule has 0 spiro atoms. The summed E-state index contributed by atoms with van der Waals surface area (Å²) < 4.78 is 12.0. The van der Waals surface area contributed by atoms with Crippen LogP contribution >= 0.6 is 0 Å². The van der Waals surface area contributed by atoms with Crippen LogP contribution in [0.5, 0.6) is 11.5 Å². The molecule has 0 N–H and O–H groups in total. The fourth-order valence-electron chi connectivity index (χ4n) is 1.81. The Labute approximate surface area is 117 Å². The van der Waals surface area contributed by atoms with Gasteiger partial charge in [0.15, 0.2) is 5.78 Å². The minimum absolute atomic E-state index is 0.151. The zero-order valence-corrected chi connectivity index (χ0v) is 11.7. The molecule has 0 bridgehead atoms. The number of aryl methyl sites for hydroxylation is 1. The Balaban J connectivity index is 2.28. The van der Waals surface area contributed by atoms with Crippen molar-refractivity contribution >= 4 is 11.9 Å². The van der Waals surface area contributed by atoms with Gasteiger partial charge in [-0.25, -0.2) is 0 Å². The Hall–Kier alpha value is -2.56. The summed E-state index contributed by atoms with van der Waals surface area (Å²) in [5, 5.41) is 4.04. The average Bonchev–Trinajstić information content (AvgIpc) is 2.89. The first-order chi connectivity index (χ1) is 9.65. The van der Waals surface area contributed by atoms with E-state index in [2.05, 4.69) is 5.10 Å². The summed E-state index contributed by atoms with van der Waals surface area (Å²) in [6, 6.07) is 6.95. The SMILES string of the molecule is COc1ccc(OC)c(C(=O)/C=C/c2ccnn2C)c1. The summed E-state index contributed by atoms with van der Waals surface area (Å²) in [6.45, 7) is 0. The summed E-state index contributed by atoms with van der Waals surface area (Å²) in [5.74, 6) is 0.982. The molecule has 2 aromatic rings. The van der Waals surface area contributed by atoms with Crippen molar-refractivity contribution in [2.45, 2.75) is 0 Å². The molecule has 5 heteroatoms. The average molecular weight is 272 g/mol. The molecule has 0 radical (unpaired) electrons. The Bertz CT molecular complexity index is 644. The molecular formula is C15H16N2O3.